The molecular weight excluding hydrogens is 270 g/mol. The van der Waals surface area contributed by atoms with Crippen molar-refractivity contribution in [2.75, 3.05) is 0 Å². The van der Waals surface area contributed by atoms with Gasteiger partial charge in [-0.2, -0.15) is 0 Å². The lowest BCUT2D eigenvalue weighted by molar-refractivity contribution is 0.483. The molecule has 0 N–H and O–H groups in total. The van der Waals surface area contributed by atoms with Crippen LogP contribution in [0, 0.1) is 0 Å². The smallest absolute Gasteiger partial charge is 0.128 e. The Balaban J connectivity index is 2.00. The number of aromatic nitrogens is 1. The van der Waals surface area contributed by atoms with Crippen LogP contribution < -0.4 is 4.74 Å². The minimum atomic E-state index is 0.713. The predicted molar refractivity (Wildman–Crippen MR) is 82.6 cm³/mol. The van der Waals surface area contributed by atoms with E-state index in [1.165, 1.54) is 0 Å². The van der Waals surface area contributed by atoms with Crippen LogP contribution in [-0.4, -0.2) is 4.98 Å². The normalized spacial score (nSPS) is 10.7. The highest BCUT2D eigenvalue weighted by Crippen LogP contribution is 2.29. The second-order valence-electron chi connectivity index (χ2n) is 4.54. The fraction of sp³-hybridized carbons (Fsp3) is 0.118. The van der Waals surface area contributed by atoms with E-state index in [-0.39, 0.29) is 0 Å². The lowest BCUT2D eigenvalue weighted by Crippen LogP contribution is -1.90. The third kappa shape index (κ3) is 2.61. The molecule has 1 heterocycles. The van der Waals surface area contributed by atoms with Crippen LogP contribution in [0.4, 0.5) is 0 Å². The van der Waals surface area contributed by atoms with Gasteiger partial charge in [0, 0.05) is 11.1 Å². The lowest BCUT2D eigenvalue weighted by atomic mass is 10.1. The summed E-state index contributed by atoms with van der Waals surface area (Å²) in [5.41, 5.74) is 1.90. The monoisotopic (exact) mass is 283 g/mol. The second-order valence-corrected chi connectivity index (χ2v) is 4.95. The maximum Gasteiger partial charge on any atom is 0.128 e. The van der Waals surface area contributed by atoms with Crippen molar-refractivity contribution < 1.29 is 4.74 Å². The fourth-order valence-electron chi connectivity index (χ4n) is 2.08. The molecular formula is C17H14ClNO. The van der Waals surface area contributed by atoms with Crippen molar-refractivity contribution >= 4 is 22.5 Å². The van der Waals surface area contributed by atoms with Crippen LogP contribution in [0.2, 0.25) is 5.02 Å². The number of benzene rings is 2. The van der Waals surface area contributed by atoms with Gasteiger partial charge in [-0.1, -0.05) is 36.7 Å². The maximum atomic E-state index is 6.32. The molecule has 0 fully saturated rings. The van der Waals surface area contributed by atoms with Crippen LogP contribution in [0.15, 0.2) is 54.6 Å². The largest absolute Gasteiger partial charge is 0.457 e. The minimum absolute atomic E-state index is 0.713. The number of hydrogen-bond acceptors (Lipinski definition) is 2. The highest BCUT2D eigenvalue weighted by atomic mass is 35.5. The third-order valence-corrected chi connectivity index (χ3v) is 3.44. The van der Waals surface area contributed by atoms with Crippen molar-refractivity contribution in [1.82, 2.24) is 4.98 Å². The van der Waals surface area contributed by atoms with E-state index in [0.717, 1.165) is 34.5 Å². The first-order valence-corrected chi connectivity index (χ1v) is 6.96. The molecule has 2 aromatic carbocycles. The Labute approximate surface area is 123 Å². The summed E-state index contributed by atoms with van der Waals surface area (Å²) < 4.78 is 5.81. The van der Waals surface area contributed by atoms with E-state index < -0.39 is 0 Å². The Morgan fingerprint density at radius 3 is 2.55 bits per heavy atom. The van der Waals surface area contributed by atoms with E-state index >= 15 is 0 Å². The maximum absolute atomic E-state index is 6.32. The highest BCUT2D eigenvalue weighted by molar-refractivity contribution is 6.35. The summed E-state index contributed by atoms with van der Waals surface area (Å²) >= 11 is 6.32. The molecule has 2 nitrogen and oxygen atoms in total. The lowest BCUT2D eigenvalue weighted by Gasteiger charge is -2.08. The molecule has 0 amide bonds. The van der Waals surface area contributed by atoms with Crippen molar-refractivity contribution in [2.24, 2.45) is 0 Å². The summed E-state index contributed by atoms with van der Waals surface area (Å²) in [6.07, 6.45) is 0.873. The van der Waals surface area contributed by atoms with Gasteiger partial charge in [-0.3, -0.25) is 4.98 Å². The second kappa shape index (κ2) is 5.51. The summed E-state index contributed by atoms with van der Waals surface area (Å²) in [7, 11) is 0. The molecule has 0 unspecified atom stereocenters. The molecule has 0 bridgehead atoms. The predicted octanol–water partition coefficient (Wildman–Crippen LogP) is 5.24. The number of para-hydroxylation sites is 1. The summed E-state index contributed by atoms with van der Waals surface area (Å²) in [5.74, 6) is 1.57. The van der Waals surface area contributed by atoms with Gasteiger partial charge < -0.3 is 4.74 Å². The molecule has 3 aromatic rings. The number of nitrogens with zero attached hydrogens (tertiary/aromatic N) is 1. The molecule has 0 saturated carbocycles. The van der Waals surface area contributed by atoms with Crippen molar-refractivity contribution in [1.29, 1.82) is 0 Å². The van der Waals surface area contributed by atoms with E-state index in [2.05, 4.69) is 11.9 Å². The van der Waals surface area contributed by atoms with E-state index in [1.54, 1.807) is 0 Å². The molecule has 20 heavy (non-hydrogen) atoms. The first-order chi connectivity index (χ1) is 9.76. The van der Waals surface area contributed by atoms with Crippen molar-refractivity contribution in [3.8, 4) is 11.5 Å². The van der Waals surface area contributed by atoms with Gasteiger partial charge in [0.2, 0.25) is 0 Å². The zero-order valence-electron chi connectivity index (χ0n) is 11.1. The minimum Gasteiger partial charge on any atom is -0.457 e. The van der Waals surface area contributed by atoms with E-state index in [9.17, 15) is 0 Å². The summed E-state index contributed by atoms with van der Waals surface area (Å²) in [6.45, 7) is 2.07. The number of ether oxygens (including phenoxy) is 1. The van der Waals surface area contributed by atoms with E-state index in [1.807, 2.05) is 54.6 Å². The Morgan fingerprint density at radius 1 is 1.00 bits per heavy atom. The number of hydrogen-bond donors (Lipinski definition) is 0. The molecule has 3 heteroatoms. The molecule has 3 rings (SSSR count). The van der Waals surface area contributed by atoms with E-state index in [0.29, 0.717) is 5.02 Å². The number of rotatable bonds is 3. The molecule has 100 valence electrons. The SMILES string of the molecule is CCc1cc(Cl)c2cc(Oc3ccccc3)ccc2n1. The average molecular weight is 284 g/mol. The van der Waals surface area contributed by atoms with Gasteiger partial charge in [0.1, 0.15) is 11.5 Å². The molecule has 0 aliphatic heterocycles. The fourth-order valence-corrected chi connectivity index (χ4v) is 2.36. The molecule has 0 spiro atoms. The van der Waals surface area contributed by atoms with Crippen molar-refractivity contribution in [3.05, 3.63) is 65.3 Å². The molecule has 1 aromatic heterocycles. The number of fused-ring (bicyclic) bond motifs is 1. The third-order valence-electron chi connectivity index (χ3n) is 3.12. The molecule has 0 aliphatic rings. The Morgan fingerprint density at radius 2 is 1.80 bits per heavy atom. The molecule has 0 aliphatic carbocycles. The van der Waals surface area contributed by atoms with Crippen molar-refractivity contribution in [2.45, 2.75) is 13.3 Å². The summed E-state index contributed by atoms with van der Waals surface area (Å²) in [5, 5.41) is 1.63. The average Bonchev–Trinajstić information content (AvgIpc) is 2.48. The number of halogens is 1. The summed E-state index contributed by atoms with van der Waals surface area (Å²) in [6, 6.07) is 17.4. The molecule has 0 atom stereocenters. The van der Waals surface area contributed by atoms with Crippen LogP contribution in [0.1, 0.15) is 12.6 Å². The quantitative estimate of drug-likeness (QED) is 0.655. The first-order valence-electron chi connectivity index (χ1n) is 6.58. The number of pyridine rings is 1. The molecule has 0 radical (unpaired) electrons. The number of aryl methyl sites for hydroxylation is 1. The van der Waals surface area contributed by atoms with Gasteiger partial charge in [0.25, 0.3) is 0 Å². The zero-order chi connectivity index (χ0) is 13.9. The van der Waals surface area contributed by atoms with Gasteiger partial charge in [-0.05, 0) is 42.8 Å². The van der Waals surface area contributed by atoms with Crippen molar-refractivity contribution in [3.63, 3.8) is 0 Å². The van der Waals surface area contributed by atoms with E-state index in [4.69, 9.17) is 16.3 Å². The zero-order valence-corrected chi connectivity index (χ0v) is 11.9. The van der Waals surface area contributed by atoms with Gasteiger partial charge in [0.05, 0.1) is 10.5 Å². The van der Waals surface area contributed by atoms with Crippen LogP contribution in [-0.2, 0) is 6.42 Å². The Kier molecular flexibility index (Phi) is 3.57. The van der Waals surface area contributed by atoms with Gasteiger partial charge in [-0.25, -0.2) is 0 Å². The van der Waals surface area contributed by atoms with Gasteiger partial charge >= 0.3 is 0 Å². The van der Waals surface area contributed by atoms with Crippen LogP contribution >= 0.6 is 11.6 Å². The first kappa shape index (κ1) is 12.9. The van der Waals surface area contributed by atoms with Crippen LogP contribution in [0.3, 0.4) is 0 Å². The van der Waals surface area contributed by atoms with Gasteiger partial charge in [0.15, 0.2) is 0 Å². The van der Waals surface area contributed by atoms with Crippen LogP contribution in [0.25, 0.3) is 10.9 Å². The standard InChI is InChI=1S/C17H14ClNO/c1-2-12-10-16(18)15-11-14(8-9-17(15)19-12)20-13-6-4-3-5-7-13/h3-11H,2H2,1H3. The Hall–Kier alpha value is -2.06. The van der Waals surface area contributed by atoms with Gasteiger partial charge in [-0.15, -0.1) is 0 Å². The highest BCUT2D eigenvalue weighted by Gasteiger charge is 2.05. The summed E-state index contributed by atoms with van der Waals surface area (Å²) in [4.78, 5) is 4.56. The molecule has 0 saturated heterocycles. The van der Waals surface area contributed by atoms with Crippen LogP contribution in [0.5, 0.6) is 11.5 Å². The Bertz CT molecular complexity index is 741. The topological polar surface area (TPSA) is 22.1 Å².